The zero-order valence-electron chi connectivity index (χ0n) is 14.5. The van der Waals surface area contributed by atoms with Gasteiger partial charge in [-0.15, -0.1) is 0 Å². The van der Waals surface area contributed by atoms with Gasteiger partial charge >= 0.3 is 6.09 Å². The van der Waals surface area contributed by atoms with Crippen molar-refractivity contribution in [3.63, 3.8) is 0 Å². The van der Waals surface area contributed by atoms with E-state index in [1.807, 2.05) is 20.8 Å². The maximum Gasteiger partial charge on any atom is 0.410 e. The van der Waals surface area contributed by atoms with Gasteiger partial charge in [0.15, 0.2) is 0 Å². The number of amides is 1. The number of aliphatic hydroxyl groups excluding tert-OH is 1. The van der Waals surface area contributed by atoms with Gasteiger partial charge in [-0.25, -0.2) is 4.79 Å². The fraction of sp³-hybridized carbons (Fsp3) is 0.938. The molecule has 0 radical (unpaired) electrons. The summed E-state index contributed by atoms with van der Waals surface area (Å²) in [5, 5.41) is 13.0. The Labute approximate surface area is 134 Å². The summed E-state index contributed by atoms with van der Waals surface area (Å²) in [5.74, 6) is 0. The monoisotopic (exact) mass is 315 g/mol. The molecule has 1 rings (SSSR count). The number of rotatable bonds is 6. The second kappa shape index (κ2) is 8.70. The van der Waals surface area contributed by atoms with Crippen molar-refractivity contribution in [3.05, 3.63) is 0 Å². The van der Waals surface area contributed by atoms with E-state index < -0.39 is 11.7 Å². The van der Waals surface area contributed by atoms with Crippen LogP contribution in [-0.2, 0) is 4.74 Å². The van der Waals surface area contributed by atoms with E-state index in [0.717, 1.165) is 25.7 Å². The van der Waals surface area contributed by atoms with Gasteiger partial charge in [0.25, 0.3) is 0 Å². The summed E-state index contributed by atoms with van der Waals surface area (Å²) in [6.45, 7) is 8.71. The molecule has 1 aliphatic carbocycles. The van der Waals surface area contributed by atoms with Crippen molar-refractivity contribution in [3.8, 4) is 0 Å². The third kappa shape index (κ3) is 7.96. The smallest absolute Gasteiger partial charge is 0.410 e. The predicted molar refractivity (Wildman–Crippen MR) is 87.7 cm³/mol. The van der Waals surface area contributed by atoms with Crippen LogP contribution >= 0.6 is 0 Å². The fourth-order valence-corrected chi connectivity index (χ4v) is 2.63. The Bertz CT molecular complexity index is 334. The van der Waals surface area contributed by atoms with E-state index in [0.29, 0.717) is 25.2 Å². The molecule has 0 aromatic heterocycles. The molecule has 130 valence electrons. The third-order valence-corrected chi connectivity index (χ3v) is 3.72. The van der Waals surface area contributed by atoms with Crippen molar-refractivity contribution in [1.29, 1.82) is 0 Å². The molecule has 1 saturated carbocycles. The molecule has 1 atom stereocenters. The molecule has 0 aliphatic heterocycles. The van der Waals surface area contributed by atoms with Crippen LogP contribution in [0.2, 0.25) is 0 Å². The Morgan fingerprint density at radius 1 is 1.36 bits per heavy atom. The molecule has 1 unspecified atom stereocenters. The van der Waals surface area contributed by atoms with Crippen molar-refractivity contribution in [2.24, 2.45) is 5.73 Å². The molecular formula is C16H33N3O3. The van der Waals surface area contributed by atoms with E-state index in [9.17, 15) is 9.90 Å². The van der Waals surface area contributed by atoms with Crippen LogP contribution in [0.25, 0.3) is 0 Å². The maximum absolute atomic E-state index is 12.2. The van der Waals surface area contributed by atoms with Crippen molar-refractivity contribution in [2.45, 2.75) is 77.2 Å². The topological polar surface area (TPSA) is 87.8 Å². The number of ether oxygens (including phenoxy) is 1. The van der Waals surface area contributed by atoms with Crippen LogP contribution in [0.3, 0.4) is 0 Å². The van der Waals surface area contributed by atoms with Gasteiger partial charge in [0.05, 0.1) is 6.10 Å². The van der Waals surface area contributed by atoms with E-state index >= 15 is 0 Å². The van der Waals surface area contributed by atoms with Crippen LogP contribution in [0.5, 0.6) is 0 Å². The molecule has 1 aliphatic rings. The molecule has 4 N–H and O–H groups in total. The van der Waals surface area contributed by atoms with E-state index in [2.05, 4.69) is 5.32 Å². The van der Waals surface area contributed by atoms with E-state index in [1.54, 1.807) is 11.8 Å². The molecule has 6 heteroatoms. The summed E-state index contributed by atoms with van der Waals surface area (Å²) < 4.78 is 5.39. The van der Waals surface area contributed by atoms with Gasteiger partial charge in [-0.1, -0.05) is 0 Å². The lowest BCUT2D eigenvalue weighted by Crippen LogP contribution is -2.45. The molecule has 0 saturated heterocycles. The summed E-state index contributed by atoms with van der Waals surface area (Å²) in [5.41, 5.74) is 5.38. The van der Waals surface area contributed by atoms with Gasteiger partial charge in [0, 0.05) is 31.7 Å². The number of carbonyl (C=O) groups excluding carboxylic acids is 1. The van der Waals surface area contributed by atoms with Gasteiger partial charge in [0.2, 0.25) is 0 Å². The molecular weight excluding hydrogens is 282 g/mol. The highest BCUT2D eigenvalue weighted by molar-refractivity contribution is 5.68. The first-order valence-electron chi connectivity index (χ1n) is 8.32. The molecule has 0 spiro atoms. The standard InChI is InChI=1S/C16H33N3O3/c1-12(20)11-19(15(21)22-16(2,3)4)10-9-18-14-7-5-13(17)6-8-14/h12-14,18,20H,5-11,17H2,1-4H3. The molecule has 0 heterocycles. The molecule has 1 fully saturated rings. The van der Waals surface area contributed by atoms with Crippen LogP contribution in [0, 0.1) is 0 Å². The summed E-state index contributed by atoms with van der Waals surface area (Å²) in [6, 6.07) is 0.818. The van der Waals surface area contributed by atoms with Crippen molar-refractivity contribution < 1.29 is 14.6 Å². The average Bonchev–Trinajstić information content (AvgIpc) is 2.37. The minimum Gasteiger partial charge on any atom is -0.444 e. The highest BCUT2D eigenvalue weighted by Gasteiger charge is 2.23. The molecule has 6 nitrogen and oxygen atoms in total. The first-order chi connectivity index (χ1) is 10.2. The minimum absolute atomic E-state index is 0.284. The van der Waals surface area contributed by atoms with Crippen LogP contribution in [-0.4, -0.2) is 59.5 Å². The molecule has 0 aromatic carbocycles. The molecule has 0 aromatic rings. The molecule has 0 bridgehead atoms. The lowest BCUT2D eigenvalue weighted by molar-refractivity contribution is 0.0162. The number of hydrogen-bond acceptors (Lipinski definition) is 5. The highest BCUT2D eigenvalue weighted by atomic mass is 16.6. The Balaban J connectivity index is 2.39. The predicted octanol–water partition coefficient (Wildman–Crippen LogP) is 1.46. The van der Waals surface area contributed by atoms with Crippen LogP contribution in [0.1, 0.15) is 53.4 Å². The van der Waals surface area contributed by atoms with E-state index in [4.69, 9.17) is 10.5 Å². The summed E-state index contributed by atoms with van der Waals surface area (Å²) in [7, 11) is 0. The largest absolute Gasteiger partial charge is 0.444 e. The normalized spacial score (nSPS) is 23.9. The second-order valence-electron chi connectivity index (χ2n) is 7.34. The Morgan fingerprint density at radius 2 is 1.95 bits per heavy atom. The average molecular weight is 315 g/mol. The fourth-order valence-electron chi connectivity index (χ4n) is 2.63. The SMILES string of the molecule is CC(O)CN(CCNC1CCC(N)CC1)C(=O)OC(C)(C)C. The second-order valence-corrected chi connectivity index (χ2v) is 7.34. The zero-order chi connectivity index (χ0) is 16.8. The highest BCUT2D eigenvalue weighted by Crippen LogP contribution is 2.16. The van der Waals surface area contributed by atoms with Crippen molar-refractivity contribution in [1.82, 2.24) is 10.2 Å². The lowest BCUT2D eigenvalue weighted by atomic mass is 9.92. The Hall–Kier alpha value is -0.850. The van der Waals surface area contributed by atoms with Crippen LogP contribution in [0.4, 0.5) is 4.79 Å². The van der Waals surface area contributed by atoms with Crippen molar-refractivity contribution in [2.75, 3.05) is 19.6 Å². The van der Waals surface area contributed by atoms with Gasteiger partial charge in [-0.3, -0.25) is 0 Å². The number of nitrogens with zero attached hydrogens (tertiary/aromatic N) is 1. The number of nitrogens with two attached hydrogens (primary N) is 1. The van der Waals surface area contributed by atoms with Crippen molar-refractivity contribution >= 4 is 6.09 Å². The summed E-state index contributed by atoms with van der Waals surface area (Å²) in [4.78, 5) is 13.7. The maximum atomic E-state index is 12.2. The van der Waals surface area contributed by atoms with Gasteiger partial charge in [-0.2, -0.15) is 0 Å². The van der Waals surface area contributed by atoms with Gasteiger partial charge in [0.1, 0.15) is 5.60 Å². The lowest BCUT2D eigenvalue weighted by Gasteiger charge is -2.30. The number of nitrogens with one attached hydrogen (secondary N) is 1. The van der Waals surface area contributed by atoms with Gasteiger partial charge < -0.3 is 25.8 Å². The van der Waals surface area contributed by atoms with Crippen LogP contribution in [0.15, 0.2) is 0 Å². The zero-order valence-corrected chi connectivity index (χ0v) is 14.5. The number of aliphatic hydroxyl groups is 1. The first kappa shape index (κ1) is 19.2. The Morgan fingerprint density at radius 3 is 2.45 bits per heavy atom. The molecule has 1 amide bonds. The van der Waals surface area contributed by atoms with Gasteiger partial charge in [-0.05, 0) is 53.4 Å². The summed E-state index contributed by atoms with van der Waals surface area (Å²) >= 11 is 0. The molecule has 22 heavy (non-hydrogen) atoms. The van der Waals surface area contributed by atoms with Crippen LogP contribution < -0.4 is 11.1 Å². The van der Waals surface area contributed by atoms with E-state index in [-0.39, 0.29) is 12.6 Å². The van der Waals surface area contributed by atoms with E-state index in [1.165, 1.54) is 0 Å². The quantitative estimate of drug-likeness (QED) is 0.691. The minimum atomic E-state index is -0.569. The number of hydrogen-bond donors (Lipinski definition) is 3. The summed E-state index contributed by atoms with van der Waals surface area (Å²) in [6.07, 6.45) is 3.34. The number of carbonyl (C=O) groups is 1. The Kier molecular flexibility index (Phi) is 7.59. The first-order valence-corrected chi connectivity index (χ1v) is 8.32. The third-order valence-electron chi connectivity index (χ3n) is 3.72.